The molecule has 0 unspecified atom stereocenters. The number of aromatic nitrogens is 4. The second kappa shape index (κ2) is 4.28. The van der Waals surface area contributed by atoms with Crippen LogP contribution in [-0.2, 0) is 7.05 Å². The number of benzene rings is 1. The fourth-order valence-corrected chi connectivity index (χ4v) is 2.69. The molecule has 0 bridgehead atoms. The smallest absolute Gasteiger partial charge is 0.272 e. The summed E-state index contributed by atoms with van der Waals surface area (Å²) < 4.78 is 1.96. The SMILES string of the molecule is Cn1ccc2c(-c3n[nH]c(=O)c4ccccc34)ccnc21. The number of fused-ring (bicyclic) bond motifs is 2. The standard InChI is InChI=1S/C16H12N4O/c1-20-9-7-12-11(6-8-17-15(12)20)14-10-4-2-3-5-13(10)16(21)19-18-14/h2-9H,1H3,(H,19,21). The van der Waals surface area contributed by atoms with Gasteiger partial charge in [-0.05, 0) is 18.2 Å². The number of H-pyrrole nitrogens is 1. The zero-order valence-corrected chi connectivity index (χ0v) is 11.4. The lowest BCUT2D eigenvalue weighted by molar-refractivity contribution is 0.948. The van der Waals surface area contributed by atoms with E-state index in [0.29, 0.717) is 5.39 Å². The Morgan fingerprint density at radius 2 is 1.86 bits per heavy atom. The number of nitrogens with zero attached hydrogens (tertiary/aromatic N) is 3. The van der Waals surface area contributed by atoms with Crippen molar-refractivity contribution in [2.75, 3.05) is 0 Å². The molecule has 102 valence electrons. The van der Waals surface area contributed by atoms with Crippen LogP contribution in [0.4, 0.5) is 0 Å². The summed E-state index contributed by atoms with van der Waals surface area (Å²) in [5.74, 6) is 0. The molecule has 5 nitrogen and oxygen atoms in total. The lowest BCUT2D eigenvalue weighted by atomic mass is 10.0. The highest BCUT2D eigenvalue weighted by atomic mass is 16.1. The fraction of sp³-hybridized carbons (Fsp3) is 0.0625. The number of hydrogen-bond donors (Lipinski definition) is 1. The number of rotatable bonds is 1. The first-order chi connectivity index (χ1) is 10.3. The molecule has 0 aliphatic carbocycles. The molecular formula is C16H12N4O. The molecule has 0 aliphatic rings. The molecule has 0 saturated heterocycles. The van der Waals surface area contributed by atoms with Gasteiger partial charge in [-0.15, -0.1) is 0 Å². The first-order valence-corrected chi connectivity index (χ1v) is 6.63. The summed E-state index contributed by atoms with van der Waals surface area (Å²) >= 11 is 0. The highest BCUT2D eigenvalue weighted by molar-refractivity contribution is 6.01. The molecule has 0 radical (unpaired) electrons. The second-order valence-electron chi connectivity index (χ2n) is 4.97. The van der Waals surface area contributed by atoms with Crippen molar-refractivity contribution in [3.05, 3.63) is 59.1 Å². The van der Waals surface area contributed by atoms with Crippen molar-refractivity contribution in [2.24, 2.45) is 7.05 Å². The van der Waals surface area contributed by atoms with Crippen molar-refractivity contribution in [1.29, 1.82) is 0 Å². The minimum absolute atomic E-state index is 0.173. The monoisotopic (exact) mass is 276 g/mol. The van der Waals surface area contributed by atoms with Gasteiger partial charge in [-0.1, -0.05) is 18.2 Å². The zero-order valence-electron chi connectivity index (χ0n) is 11.4. The Morgan fingerprint density at radius 1 is 1.05 bits per heavy atom. The fourth-order valence-electron chi connectivity index (χ4n) is 2.69. The van der Waals surface area contributed by atoms with E-state index in [1.807, 2.05) is 54.2 Å². The summed E-state index contributed by atoms with van der Waals surface area (Å²) in [7, 11) is 1.96. The van der Waals surface area contributed by atoms with E-state index in [0.717, 1.165) is 27.7 Å². The van der Waals surface area contributed by atoms with Crippen LogP contribution < -0.4 is 5.56 Å². The van der Waals surface area contributed by atoms with Crippen molar-refractivity contribution in [1.82, 2.24) is 19.7 Å². The maximum absolute atomic E-state index is 11.9. The minimum atomic E-state index is -0.173. The van der Waals surface area contributed by atoms with Crippen LogP contribution in [0.25, 0.3) is 33.1 Å². The van der Waals surface area contributed by atoms with Crippen LogP contribution in [0.1, 0.15) is 0 Å². The van der Waals surface area contributed by atoms with Gasteiger partial charge in [-0.25, -0.2) is 10.1 Å². The van der Waals surface area contributed by atoms with Gasteiger partial charge in [-0.2, -0.15) is 5.10 Å². The summed E-state index contributed by atoms with van der Waals surface area (Å²) in [4.78, 5) is 16.3. The van der Waals surface area contributed by atoms with Crippen molar-refractivity contribution in [2.45, 2.75) is 0 Å². The quantitative estimate of drug-likeness (QED) is 0.581. The van der Waals surface area contributed by atoms with E-state index in [9.17, 15) is 4.79 Å². The van der Waals surface area contributed by atoms with Gasteiger partial charge >= 0.3 is 0 Å². The molecule has 0 aliphatic heterocycles. The molecule has 3 heterocycles. The predicted octanol–water partition coefficient (Wildman–Crippen LogP) is 2.48. The van der Waals surface area contributed by atoms with Gasteiger partial charge in [-0.3, -0.25) is 4.79 Å². The molecule has 1 N–H and O–H groups in total. The Labute approximate surface area is 119 Å². The summed E-state index contributed by atoms with van der Waals surface area (Å²) in [5.41, 5.74) is 2.45. The Hall–Kier alpha value is -2.95. The maximum Gasteiger partial charge on any atom is 0.272 e. The molecule has 1 aromatic carbocycles. The molecular weight excluding hydrogens is 264 g/mol. The summed E-state index contributed by atoms with van der Waals surface area (Å²) in [6.07, 6.45) is 3.73. The maximum atomic E-state index is 11.9. The van der Waals surface area contributed by atoms with Crippen LogP contribution >= 0.6 is 0 Å². The van der Waals surface area contributed by atoms with Gasteiger partial charge in [0, 0.05) is 35.8 Å². The summed E-state index contributed by atoms with van der Waals surface area (Å²) in [5, 5.41) is 9.35. The third-order valence-electron chi connectivity index (χ3n) is 3.72. The molecule has 21 heavy (non-hydrogen) atoms. The van der Waals surface area contributed by atoms with Crippen molar-refractivity contribution in [3.63, 3.8) is 0 Å². The average molecular weight is 276 g/mol. The summed E-state index contributed by atoms with van der Waals surface area (Å²) in [6, 6.07) is 11.4. The third kappa shape index (κ3) is 1.67. The van der Waals surface area contributed by atoms with E-state index in [-0.39, 0.29) is 5.56 Å². The highest BCUT2D eigenvalue weighted by Crippen LogP contribution is 2.30. The Kier molecular flexibility index (Phi) is 2.41. The number of aryl methyl sites for hydroxylation is 1. The Morgan fingerprint density at radius 3 is 2.71 bits per heavy atom. The predicted molar refractivity (Wildman–Crippen MR) is 82.1 cm³/mol. The van der Waals surface area contributed by atoms with Crippen LogP contribution in [0.5, 0.6) is 0 Å². The van der Waals surface area contributed by atoms with Gasteiger partial charge < -0.3 is 4.57 Å². The molecule has 0 spiro atoms. The van der Waals surface area contributed by atoms with Crippen molar-refractivity contribution >= 4 is 21.8 Å². The molecule has 0 amide bonds. The third-order valence-corrected chi connectivity index (χ3v) is 3.72. The van der Waals surface area contributed by atoms with E-state index in [1.54, 1.807) is 6.20 Å². The van der Waals surface area contributed by atoms with Gasteiger partial charge in [0.05, 0.1) is 11.1 Å². The van der Waals surface area contributed by atoms with Gasteiger partial charge in [0.1, 0.15) is 5.65 Å². The van der Waals surface area contributed by atoms with E-state index >= 15 is 0 Å². The molecule has 3 aromatic heterocycles. The van der Waals surface area contributed by atoms with Gasteiger partial charge in [0.25, 0.3) is 5.56 Å². The van der Waals surface area contributed by atoms with E-state index in [1.165, 1.54) is 0 Å². The zero-order chi connectivity index (χ0) is 14.4. The second-order valence-corrected chi connectivity index (χ2v) is 4.97. The van der Waals surface area contributed by atoms with Crippen LogP contribution in [0.3, 0.4) is 0 Å². The number of aromatic amines is 1. The largest absolute Gasteiger partial charge is 0.336 e. The van der Waals surface area contributed by atoms with Crippen LogP contribution in [-0.4, -0.2) is 19.7 Å². The van der Waals surface area contributed by atoms with Crippen molar-refractivity contribution < 1.29 is 0 Å². The Balaban J connectivity index is 2.15. The van der Waals surface area contributed by atoms with Crippen molar-refractivity contribution in [3.8, 4) is 11.3 Å². The Bertz CT molecular complexity index is 1030. The van der Waals surface area contributed by atoms with Crippen LogP contribution in [0.2, 0.25) is 0 Å². The normalized spacial score (nSPS) is 11.3. The van der Waals surface area contributed by atoms with E-state index in [4.69, 9.17) is 0 Å². The molecule has 5 heteroatoms. The molecule has 0 saturated carbocycles. The topological polar surface area (TPSA) is 63.6 Å². The molecule has 4 aromatic rings. The lowest BCUT2D eigenvalue weighted by Crippen LogP contribution is -2.09. The first-order valence-electron chi connectivity index (χ1n) is 6.63. The molecule has 4 rings (SSSR count). The summed E-state index contributed by atoms with van der Waals surface area (Å²) in [6.45, 7) is 0. The minimum Gasteiger partial charge on any atom is -0.336 e. The number of hydrogen-bond acceptors (Lipinski definition) is 3. The average Bonchev–Trinajstić information content (AvgIpc) is 2.90. The van der Waals surface area contributed by atoms with E-state index < -0.39 is 0 Å². The molecule has 0 fully saturated rings. The van der Waals surface area contributed by atoms with Gasteiger partial charge in [0.15, 0.2) is 0 Å². The highest BCUT2D eigenvalue weighted by Gasteiger charge is 2.12. The van der Waals surface area contributed by atoms with Gasteiger partial charge in [0.2, 0.25) is 0 Å². The van der Waals surface area contributed by atoms with E-state index in [2.05, 4.69) is 15.2 Å². The number of pyridine rings is 1. The number of nitrogens with one attached hydrogen (secondary N) is 1. The van der Waals surface area contributed by atoms with Crippen LogP contribution in [0.15, 0.2) is 53.6 Å². The first kappa shape index (κ1) is 11.8. The van der Waals surface area contributed by atoms with Crippen LogP contribution in [0, 0.1) is 0 Å². The lowest BCUT2D eigenvalue weighted by Gasteiger charge is -2.06. The molecule has 0 atom stereocenters.